The molecule has 70 valence electrons. The van der Waals surface area contributed by atoms with Crippen LogP contribution in [0.15, 0.2) is 29.8 Å². The average molecular weight is 176 g/mol. The van der Waals surface area contributed by atoms with Gasteiger partial charge in [0, 0.05) is 0 Å². The average Bonchev–Trinajstić information content (AvgIpc) is 2.19. The molecule has 0 radical (unpaired) electrons. The van der Waals surface area contributed by atoms with E-state index in [9.17, 15) is 0 Å². The molecule has 0 aromatic heterocycles. The summed E-state index contributed by atoms with van der Waals surface area (Å²) in [5.41, 5.74) is 2.63. The van der Waals surface area contributed by atoms with E-state index in [1.54, 1.807) is 7.11 Å². The highest BCUT2D eigenvalue weighted by atomic mass is 16.5. The van der Waals surface area contributed by atoms with Crippen LogP contribution in [-0.4, -0.2) is 7.11 Å². The number of ether oxygens (including phenoxy) is 1. The smallest absolute Gasteiger partial charge is 0.118 e. The Labute approximate surface area is 80.0 Å². The molecule has 1 aromatic rings. The summed E-state index contributed by atoms with van der Waals surface area (Å²) in [6.45, 7) is 4.31. The Kier molecular flexibility index (Phi) is 3.56. The molecule has 0 bridgehead atoms. The number of hydrogen-bond donors (Lipinski definition) is 0. The van der Waals surface area contributed by atoms with E-state index in [0.29, 0.717) is 0 Å². The Hall–Kier alpha value is -1.24. The molecule has 0 amide bonds. The molecule has 13 heavy (non-hydrogen) atoms. The highest BCUT2D eigenvalue weighted by molar-refractivity contribution is 5.53. The lowest BCUT2D eigenvalue weighted by molar-refractivity contribution is 0.415. The number of hydrogen-bond acceptors (Lipinski definition) is 1. The first-order chi connectivity index (χ1) is 6.26. The zero-order valence-corrected chi connectivity index (χ0v) is 8.50. The third kappa shape index (κ3) is 2.94. The van der Waals surface area contributed by atoms with E-state index < -0.39 is 0 Å². The fourth-order valence-corrected chi connectivity index (χ4v) is 1.09. The van der Waals surface area contributed by atoms with Crippen molar-refractivity contribution in [2.75, 3.05) is 7.11 Å². The second-order valence-corrected chi connectivity index (χ2v) is 3.12. The van der Waals surface area contributed by atoms with Crippen molar-refractivity contribution in [3.05, 3.63) is 35.4 Å². The summed E-state index contributed by atoms with van der Waals surface area (Å²) in [7, 11) is 1.68. The molecule has 1 rings (SSSR count). The van der Waals surface area contributed by atoms with E-state index in [1.165, 1.54) is 11.1 Å². The maximum atomic E-state index is 5.08. The summed E-state index contributed by atoms with van der Waals surface area (Å²) in [4.78, 5) is 0. The lowest BCUT2D eigenvalue weighted by atomic mass is 10.1. The maximum absolute atomic E-state index is 5.08. The summed E-state index contributed by atoms with van der Waals surface area (Å²) in [6, 6.07) is 8.10. The van der Waals surface area contributed by atoms with Crippen molar-refractivity contribution in [1.82, 2.24) is 0 Å². The quantitative estimate of drug-likeness (QED) is 0.684. The largest absolute Gasteiger partial charge is 0.497 e. The third-order valence-corrected chi connectivity index (χ3v) is 2.09. The second-order valence-electron chi connectivity index (χ2n) is 3.12. The van der Waals surface area contributed by atoms with Crippen LogP contribution in [0.1, 0.15) is 25.8 Å². The van der Waals surface area contributed by atoms with Gasteiger partial charge in [0.1, 0.15) is 5.75 Å². The molecule has 0 unspecified atom stereocenters. The molecule has 0 aliphatic heterocycles. The molecule has 0 saturated heterocycles. The molecule has 1 nitrogen and oxygen atoms in total. The van der Waals surface area contributed by atoms with E-state index in [2.05, 4.69) is 32.1 Å². The summed E-state index contributed by atoms with van der Waals surface area (Å²) in [6.07, 6.45) is 3.30. The predicted molar refractivity (Wildman–Crippen MR) is 56.9 cm³/mol. The van der Waals surface area contributed by atoms with Crippen molar-refractivity contribution in [3.63, 3.8) is 0 Å². The zero-order valence-electron chi connectivity index (χ0n) is 8.50. The summed E-state index contributed by atoms with van der Waals surface area (Å²) >= 11 is 0. The van der Waals surface area contributed by atoms with Crippen LogP contribution in [0.5, 0.6) is 5.75 Å². The number of methoxy groups -OCH3 is 1. The highest BCUT2D eigenvalue weighted by Gasteiger charge is 1.91. The monoisotopic (exact) mass is 176 g/mol. The van der Waals surface area contributed by atoms with Gasteiger partial charge in [-0.1, -0.05) is 30.7 Å². The van der Waals surface area contributed by atoms with E-state index in [-0.39, 0.29) is 0 Å². The fourth-order valence-electron chi connectivity index (χ4n) is 1.09. The van der Waals surface area contributed by atoms with Crippen LogP contribution < -0.4 is 4.74 Å². The van der Waals surface area contributed by atoms with Crippen molar-refractivity contribution >= 4 is 6.08 Å². The molecule has 0 fully saturated rings. The van der Waals surface area contributed by atoms with Gasteiger partial charge in [-0.15, -0.1) is 0 Å². The lowest BCUT2D eigenvalue weighted by Gasteiger charge is -2.00. The van der Waals surface area contributed by atoms with E-state index in [1.807, 2.05) is 12.1 Å². The molecule has 1 aromatic carbocycles. The molecular formula is C12H16O. The van der Waals surface area contributed by atoms with E-state index >= 15 is 0 Å². The SMILES string of the molecule is CCC(C)=Cc1ccc(OC)cc1. The predicted octanol–water partition coefficient (Wildman–Crippen LogP) is 3.51. The van der Waals surface area contributed by atoms with Crippen LogP contribution in [0, 0.1) is 0 Å². The van der Waals surface area contributed by atoms with Gasteiger partial charge in [-0.25, -0.2) is 0 Å². The van der Waals surface area contributed by atoms with E-state index in [4.69, 9.17) is 4.74 Å². The Morgan fingerprint density at radius 3 is 2.38 bits per heavy atom. The summed E-state index contributed by atoms with van der Waals surface area (Å²) < 4.78 is 5.08. The molecule has 0 aliphatic rings. The first-order valence-electron chi connectivity index (χ1n) is 4.57. The Morgan fingerprint density at radius 2 is 1.92 bits per heavy atom. The second kappa shape index (κ2) is 4.70. The molecule has 0 saturated carbocycles. The van der Waals surface area contributed by atoms with Gasteiger partial charge in [-0.2, -0.15) is 0 Å². The molecule has 0 spiro atoms. The zero-order chi connectivity index (χ0) is 9.68. The lowest BCUT2D eigenvalue weighted by Crippen LogP contribution is -1.82. The van der Waals surface area contributed by atoms with Crippen LogP contribution in [0.2, 0.25) is 0 Å². The van der Waals surface area contributed by atoms with Crippen molar-refractivity contribution in [1.29, 1.82) is 0 Å². The molecule has 0 heterocycles. The van der Waals surface area contributed by atoms with Gasteiger partial charge >= 0.3 is 0 Å². The standard InChI is InChI=1S/C12H16O/c1-4-10(2)9-11-5-7-12(13-3)8-6-11/h5-9H,4H2,1-3H3. The topological polar surface area (TPSA) is 9.23 Å². The third-order valence-electron chi connectivity index (χ3n) is 2.09. The molecular weight excluding hydrogens is 160 g/mol. The van der Waals surface area contributed by atoms with Gasteiger partial charge < -0.3 is 4.74 Å². The van der Waals surface area contributed by atoms with Crippen LogP contribution >= 0.6 is 0 Å². The molecule has 0 aliphatic carbocycles. The Balaban J connectivity index is 2.80. The van der Waals surface area contributed by atoms with Crippen LogP contribution in [-0.2, 0) is 0 Å². The number of rotatable bonds is 3. The van der Waals surface area contributed by atoms with Crippen molar-refractivity contribution in [2.24, 2.45) is 0 Å². The minimum absolute atomic E-state index is 0.909. The van der Waals surface area contributed by atoms with Gasteiger partial charge in [-0.3, -0.25) is 0 Å². The van der Waals surface area contributed by atoms with Gasteiger partial charge in [0.15, 0.2) is 0 Å². The van der Waals surface area contributed by atoms with Gasteiger partial charge in [0.2, 0.25) is 0 Å². The number of benzene rings is 1. The maximum Gasteiger partial charge on any atom is 0.118 e. The minimum Gasteiger partial charge on any atom is -0.497 e. The minimum atomic E-state index is 0.909. The first kappa shape index (κ1) is 9.85. The van der Waals surface area contributed by atoms with Gasteiger partial charge in [0.25, 0.3) is 0 Å². The summed E-state index contributed by atoms with van der Waals surface area (Å²) in [5, 5.41) is 0. The summed E-state index contributed by atoms with van der Waals surface area (Å²) in [5.74, 6) is 0.909. The Morgan fingerprint density at radius 1 is 1.31 bits per heavy atom. The van der Waals surface area contributed by atoms with Crippen LogP contribution in [0.25, 0.3) is 6.08 Å². The first-order valence-corrected chi connectivity index (χ1v) is 4.57. The van der Waals surface area contributed by atoms with Gasteiger partial charge in [0.05, 0.1) is 7.11 Å². The van der Waals surface area contributed by atoms with Gasteiger partial charge in [-0.05, 0) is 31.0 Å². The van der Waals surface area contributed by atoms with Crippen molar-refractivity contribution in [3.8, 4) is 5.75 Å². The molecule has 0 atom stereocenters. The normalized spacial score (nSPS) is 11.5. The fraction of sp³-hybridized carbons (Fsp3) is 0.333. The van der Waals surface area contributed by atoms with Crippen molar-refractivity contribution in [2.45, 2.75) is 20.3 Å². The van der Waals surface area contributed by atoms with Crippen molar-refractivity contribution < 1.29 is 4.74 Å². The van der Waals surface area contributed by atoms with Crippen LogP contribution in [0.3, 0.4) is 0 Å². The molecule has 1 heteroatoms. The van der Waals surface area contributed by atoms with E-state index in [0.717, 1.165) is 12.2 Å². The van der Waals surface area contributed by atoms with Crippen LogP contribution in [0.4, 0.5) is 0 Å². The number of allylic oxidation sites excluding steroid dienone is 1. The molecule has 0 N–H and O–H groups in total. The highest BCUT2D eigenvalue weighted by Crippen LogP contribution is 2.14. The Bertz CT molecular complexity index is 282.